The van der Waals surface area contributed by atoms with Crippen LogP contribution in [0.15, 0.2) is 17.1 Å². The molecule has 0 aromatic heterocycles. The van der Waals surface area contributed by atoms with E-state index in [2.05, 4.69) is 10.3 Å². The predicted octanol–water partition coefficient (Wildman–Crippen LogP) is -0.640. The van der Waals surface area contributed by atoms with Crippen LogP contribution >= 0.6 is 0 Å². The molecule has 2 aliphatic rings. The molecule has 8 nitrogen and oxygen atoms in total. The van der Waals surface area contributed by atoms with Crippen molar-refractivity contribution in [3.05, 3.63) is 17.7 Å². The number of nitrogens with zero attached hydrogens (tertiary/aromatic N) is 2. The lowest BCUT2D eigenvalue weighted by molar-refractivity contribution is -0.122. The number of carbonyl (C=O) groups excluding carboxylic acids is 1. The summed E-state index contributed by atoms with van der Waals surface area (Å²) < 4.78 is 10.9. The van der Waals surface area contributed by atoms with Crippen LogP contribution in [0.5, 0.6) is 11.5 Å². The van der Waals surface area contributed by atoms with Gasteiger partial charge in [-0.15, -0.1) is 0 Å². The number of methoxy groups -OCH3 is 1. The smallest absolute Gasteiger partial charge is 0.251 e. The minimum atomic E-state index is -0.654. The van der Waals surface area contributed by atoms with Crippen molar-refractivity contribution in [3.63, 3.8) is 0 Å². The molecule has 1 aromatic carbocycles. The van der Waals surface area contributed by atoms with Crippen LogP contribution in [0.4, 0.5) is 5.69 Å². The monoisotopic (exact) mass is 307 g/mol. The molecular weight excluding hydrogens is 290 g/mol. The van der Waals surface area contributed by atoms with Crippen molar-refractivity contribution >= 4 is 17.6 Å². The fourth-order valence-corrected chi connectivity index (χ4v) is 2.64. The molecule has 0 bridgehead atoms. The molecular formula is C14H17N3O5. The second-order valence-electron chi connectivity index (χ2n) is 4.92. The van der Waals surface area contributed by atoms with Gasteiger partial charge in [-0.1, -0.05) is 0 Å². The molecule has 3 N–H and O–H groups in total. The van der Waals surface area contributed by atoms with Gasteiger partial charge in [-0.3, -0.25) is 10.1 Å². The number of aliphatic hydroxyl groups excluding tert-OH is 2. The van der Waals surface area contributed by atoms with Crippen molar-refractivity contribution in [2.45, 2.75) is 12.6 Å². The molecule has 1 saturated heterocycles. The van der Waals surface area contributed by atoms with Gasteiger partial charge < -0.3 is 24.6 Å². The number of carbonyl (C=O) groups is 1. The molecule has 3 rings (SSSR count). The number of aliphatic imine (C=N–C) groups is 1. The Morgan fingerprint density at radius 1 is 1.45 bits per heavy atom. The number of amides is 1. The first-order chi connectivity index (χ1) is 10.7. The van der Waals surface area contributed by atoms with Crippen LogP contribution in [0.2, 0.25) is 0 Å². The van der Waals surface area contributed by atoms with Gasteiger partial charge >= 0.3 is 0 Å². The van der Waals surface area contributed by atoms with E-state index in [1.54, 1.807) is 17.0 Å². The number of hydrogen-bond acceptors (Lipinski definition) is 7. The predicted molar refractivity (Wildman–Crippen MR) is 77.2 cm³/mol. The maximum Gasteiger partial charge on any atom is 0.251 e. The third kappa shape index (κ3) is 2.26. The van der Waals surface area contributed by atoms with Crippen molar-refractivity contribution in [2.75, 3.05) is 26.9 Å². The highest BCUT2D eigenvalue weighted by molar-refractivity contribution is 6.08. The van der Waals surface area contributed by atoms with E-state index in [1.165, 1.54) is 7.11 Å². The number of benzene rings is 1. The van der Waals surface area contributed by atoms with Crippen LogP contribution in [-0.4, -0.2) is 60.0 Å². The number of nitrogens with one attached hydrogen (secondary N) is 1. The van der Waals surface area contributed by atoms with Crippen LogP contribution in [0.3, 0.4) is 0 Å². The summed E-state index contributed by atoms with van der Waals surface area (Å²) in [5, 5.41) is 20.9. The summed E-state index contributed by atoms with van der Waals surface area (Å²) in [6.45, 7) is 0.146. The standard InChI is InChI=1S/C14H17N3O5/c1-21-12-8-6-17-10(7-19)13(20)16-14(17)15-9(8)2-3-11(12)22-5-4-18/h2-3,10,18-19H,4-7H2,1H3,(H,15,16,20). The molecule has 1 fully saturated rings. The van der Waals surface area contributed by atoms with Gasteiger partial charge in [0.15, 0.2) is 11.5 Å². The first kappa shape index (κ1) is 14.6. The molecule has 1 atom stereocenters. The van der Waals surface area contributed by atoms with Crippen molar-refractivity contribution in [2.24, 2.45) is 4.99 Å². The molecule has 1 unspecified atom stereocenters. The van der Waals surface area contributed by atoms with Gasteiger partial charge in [0.25, 0.3) is 5.91 Å². The van der Waals surface area contributed by atoms with E-state index in [0.717, 1.165) is 5.56 Å². The molecule has 2 aliphatic heterocycles. The minimum Gasteiger partial charge on any atom is -0.492 e. The minimum absolute atomic E-state index is 0.0975. The molecule has 0 radical (unpaired) electrons. The van der Waals surface area contributed by atoms with E-state index in [0.29, 0.717) is 29.7 Å². The van der Waals surface area contributed by atoms with Gasteiger partial charge in [-0.05, 0) is 12.1 Å². The van der Waals surface area contributed by atoms with E-state index in [9.17, 15) is 9.90 Å². The molecule has 0 aliphatic carbocycles. The maximum absolute atomic E-state index is 11.8. The van der Waals surface area contributed by atoms with Crippen molar-refractivity contribution in [1.29, 1.82) is 0 Å². The Balaban J connectivity index is 1.99. The van der Waals surface area contributed by atoms with Gasteiger partial charge in [-0.25, -0.2) is 4.99 Å². The molecule has 0 spiro atoms. The Labute approximate surface area is 127 Å². The summed E-state index contributed by atoms with van der Waals surface area (Å²) in [7, 11) is 1.53. The Hall–Kier alpha value is -2.32. The lowest BCUT2D eigenvalue weighted by atomic mass is 10.1. The van der Waals surface area contributed by atoms with Crippen LogP contribution in [0.25, 0.3) is 0 Å². The molecule has 0 saturated carbocycles. The average molecular weight is 307 g/mol. The Bertz CT molecular complexity index is 631. The van der Waals surface area contributed by atoms with E-state index in [-0.39, 0.29) is 25.7 Å². The number of rotatable bonds is 5. The Kier molecular flexibility index (Phi) is 3.86. The van der Waals surface area contributed by atoms with Crippen LogP contribution in [-0.2, 0) is 11.3 Å². The van der Waals surface area contributed by atoms with Crippen LogP contribution < -0.4 is 14.8 Å². The number of fused-ring (bicyclic) bond motifs is 2. The first-order valence-electron chi connectivity index (χ1n) is 6.90. The van der Waals surface area contributed by atoms with Crippen molar-refractivity contribution in [3.8, 4) is 11.5 Å². The summed E-state index contributed by atoms with van der Waals surface area (Å²) in [6, 6.07) is 2.83. The van der Waals surface area contributed by atoms with E-state index in [4.69, 9.17) is 14.6 Å². The van der Waals surface area contributed by atoms with E-state index >= 15 is 0 Å². The van der Waals surface area contributed by atoms with Crippen molar-refractivity contribution < 1.29 is 24.5 Å². The summed E-state index contributed by atoms with van der Waals surface area (Å²) in [5.41, 5.74) is 1.45. The third-order valence-electron chi connectivity index (χ3n) is 3.67. The van der Waals surface area contributed by atoms with E-state index in [1.807, 2.05) is 0 Å². The zero-order chi connectivity index (χ0) is 15.7. The molecule has 118 valence electrons. The second kappa shape index (κ2) is 5.82. The Morgan fingerprint density at radius 2 is 2.27 bits per heavy atom. The number of aliphatic hydroxyl groups is 2. The van der Waals surface area contributed by atoms with Crippen molar-refractivity contribution in [1.82, 2.24) is 10.2 Å². The zero-order valence-corrected chi connectivity index (χ0v) is 12.1. The molecule has 1 aromatic rings. The van der Waals surface area contributed by atoms with Gasteiger partial charge in [0.05, 0.1) is 32.6 Å². The Morgan fingerprint density at radius 3 is 2.95 bits per heavy atom. The fraction of sp³-hybridized carbons (Fsp3) is 0.429. The molecule has 22 heavy (non-hydrogen) atoms. The zero-order valence-electron chi connectivity index (χ0n) is 12.1. The molecule has 8 heteroatoms. The highest BCUT2D eigenvalue weighted by atomic mass is 16.5. The number of ether oxygens (including phenoxy) is 2. The lowest BCUT2D eigenvalue weighted by Gasteiger charge is -2.28. The van der Waals surface area contributed by atoms with Gasteiger partial charge in [0.1, 0.15) is 12.6 Å². The summed E-state index contributed by atoms with van der Waals surface area (Å²) in [5.74, 6) is 1.19. The largest absolute Gasteiger partial charge is 0.492 e. The van der Waals surface area contributed by atoms with Gasteiger partial charge in [0, 0.05) is 5.56 Å². The summed E-state index contributed by atoms with van der Waals surface area (Å²) >= 11 is 0. The first-order valence-corrected chi connectivity index (χ1v) is 6.90. The third-order valence-corrected chi connectivity index (χ3v) is 3.67. The molecule has 2 heterocycles. The number of hydrogen-bond donors (Lipinski definition) is 3. The van der Waals surface area contributed by atoms with Gasteiger partial charge in [-0.2, -0.15) is 0 Å². The lowest BCUT2D eigenvalue weighted by Crippen LogP contribution is -2.39. The topological polar surface area (TPSA) is 104 Å². The normalized spacial score (nSPS) is 19.2. The molecule has 1 amide bonds. The maximum atomic E-state index is 11.8. The highest BCUT2D eigenvalue weighted by Crippen LogP contribution is 2.41. The summed E-state index contributed by atoms with van der Waals surface area (Å²) in [6.07, 6.45) is 0. The van der Waals surface area contributed by atoms with Crippen LogP contribution in [0, 0.1) is 0 Å². The van der Waals surface area contributed by atoms with E-state index < -0.39 is 6.04 Å². The number of guanidine groups is 1. The second-order valence-corrected chi connectivity index (χ2v) is 4.92. The summed E-state index contributed by atoms with van der Waals surface area (Å²) in [4.78, 5) is 17.9. The average Bonchev–Trinajstić information content (AvgIpc) is 2.84. The quantitative estimate of drug-likeness (QED) is 0.668. The highest BCUT2D eigenvalue weighted by Gasteiger charge is 2.39. The SMILES string of the molecule is COc1c(OCCO)ccc2c1CN1C(=N2)NC(=O)C1CO. The fourth-order valence-electron chi connectivity index (χ4n) is 2.64. The van der Waals surface area contributed by atoms with Gasteiger partial charge in [0.2, 0.25) is 5.96 Å². The van der Waals surface area contributed by atoms with Crippen LogP contribution in [0.1, 0.15) is 5.56 Å².